The second-order valence-electron chi connectivity index (χ2n) is 5.14. The summed E-state index contributed by atoms with van der Waals surface area (Å²) < 4.78 is 5.62. The fourth-order valence-electron chi connectivity index (χ4n) is 1.57. The van der Waals surface area contributed by atoms with Crippen molar-refractivity contribution in [1.29, 1.82) is 0 Å². The van der Waals surface area contributed by atoms with Gasteiger partial charge in [-0.3, -0.25) is 0 Å². The summed E-state index contributed by atoms with van der Waals surface area (Å²) in [5, 5.41) is 9.63. The first-order valence-corrected chi connectivity index (χ1v) is 6.94. The first-order chi connectivity index (χ1) is 10.4. The van der Waals surface area contributed by atoms with Gasteiger partial charge in [-0.2, -0.15) is 0 Å². The normalized spacial score (nSPS) is 12.4. The van der Waals surface area contributed by atoms with Crippen molar-refractivity contribution < 1.29 is 9.84 Å². The quantitative estimate of drug-likeness (QED) is 0.380. The molecule has 0 unspecified atom stereocenters. The van der Waals surface area contributed by atoms with Gasteiger partial charge in [0.15, 0.2) is 11.6 Å². The molecular formula is C18H22N2O2. The van der Waals surface area contributed by atoms with Crippen LogP contribution < -0.4 is 5.73 Å². The number of hydrogen-bond acceptors (Lipinski definition) is 4. The summed E-state index contributed by atoms with van der Waals surface area (Å²) in [6.07, 6.45) is 3.12. The van der Waals surface area contributed by atoms with E-state index < -0.39 is 5.60 Å². The maximum atomic E-state index is 9.63. The zero-order valence-corrected chi connectivity index (χ0v) is 13.3. The summed E-state index contributed by atoms with van der Waals surface area (Å²) in [4.78, 5) is 3.97. The predicted octanol–water partition coefficient (Wildman–Crippen LogP) is 2.73. The van der Waals surface area contributed by atoms with Gasteiger partial charge in [0.2, 0.25) is 0 Å². The van der Waals surface area contributed by atoms with Gasteiger partial charge >= 0.3 is 0 Å². The molecule has 0 atom stereocenters. The van der Waals surface area contributed by atoms with Gasteiger partial charge in [-0.05, 0) is 44.5 Å². The molecular weight excluding hydrogens is 276 g/mol. The van der Waals surface area contributed by atoms with Crippen LogP contribution in [0.3, 0.4) is 0 Å². The van der Waals surface area contributed by atoms with E-state index in [-0.39, 0.29) is 5.82 Å². The van der Waals surface area contributed by atoms with Crippen LogP contribution in [0.2, 0.25) is 0 Å². The van der Waals surface area contributed by atoms with E-state index in [0.717, 1.165) is 11.1 Å². The molecule has 0 aliphatic heterocycles. The van der Waals surface area contributed by atoms with Crippen molar-refractivity contribution in [2.45, 2.75) is 33.0 Å². The Morgan fingerprint density at radius 1 is 1.50 bits per heavy atom. The van der Waals surface area contributed by atoms with E-state index in [2.05, 4.69) is 23.4 Å². The van der Waals surface area contributed by atoms with E-state index in [1.165, 1.54) is 6.08 Å². The Morgan fingerprint density at radius 3 is 2.82 bits per heavy atom. The number of aliphatic imine (C=N–C) groups is 1. The molecule has 1 rings (SSSR count). The summed E-state index contributed by atoms with van der Waals surface area (Å²) in [5.74, 6) is 6.43. The molecule has 1 aromatic carbocycles. The van der Waals surface area contributed by atoms with E-state index in [4.69, 9.17) is 10.5 Å². The topological polar surface area (TPSA) is 67.8 Å². The number of nitrogens with zero attached hydrogens (tertiary/aromatic N) is 1. The van der Waals surface area contributed by atoms with Crippen molar-refractivity contribution in [3.05, 3.63) is 59.6 Å². The molecule has 1 aromatic rings. The smallest absolute Gasteiger partial charge is 0.165 e. The van der Waals surface area contributed by atoms with Gasteiger partial charge in [0.05, 0.1) is 0 Å². The van der Waals surface area contributed by atoms with E-state index >= 15 is 0 Å². The van der Waals surface area contributed by atoms with Crippen LogP contribution in [0.15, 0.2) is 53.5 Å². The summed E-state index contributed by atoms with van der Waals surface area (Å²) in [5.41, 5.74) is 6.50. The lowest BCUT2D eigenvalue weighted by molar-refractivity contribution is 0.143. The van der Waals surface area contributed by atoms with Crippen LogP contribution in [0.1, 0.15) is 31.9 Å². The highest BCUT2D eigenvalue weighted by Crippen LogP contribution is 2.11. The van der Waals surface area contributed by atoms with Crippen molar-refractivity contribution in [2.24, 2.45) is 10.7 Å². The summed E-state index contributed by atoms with van der Waals surface area (Å²) in [7, 11) is 0. The molecule has 0 saturated carbocycles. The highest BCUT2D eigenvalue weighted by molar-refractivity contribution is 5.55. The zero-order chi connectivity index (χ0) is 16.6. The fourth-order valence-corrected chi connectivity index (χ4v) is 1.57. The maximum Gasteiger partial charge on any atom is 0.165 e. The van der Waals surface area contributed by atoms with Gasteiger partial charge in [0.1, 0.15) is 12.2 Å². The van der Waals surface area contributed by atoms with Crippen molar-refractivity contribution in [2.75, 3.05) is 0 Å². The lowest BCUT2D eigenvalue weighted by Gasteiger charge is -2.09. The monoisotopic (exact) mass is 298 g/mol. The number of hydrogen-bond donors (Lipinski definition) is 2. The summed E-state index contributed by atoms with van der Waals surface area (Å²) >= 11 is 0. The Balaban J connectivity index is 2.85. The van der Waals surface area contributed by atoms with E-state index in [9.17, 15) is 5.11 Å². The van der Waals surface area contributed by atoms with Gasteiger partial charge in [0.25, 0.3) is 0 Å². The van der Waals surface area contributed by atoms with Crippen molar-refractivity contribution in [3.8, 4) is 11.8 Å². The molecule has 0 fully saturated rings. The lowest BCUT2D eigenvalue weighted by atomic mass is 10.1. The molecule has 4 nitrogen and oxygen atoms in total. The summed E-state index contributed by atoms with van der Waals surface area (Å²) in [6.45, 7) is 9.06. The third-order valence-electron chi connectivity index (χ3n) is 2.54. The number of ether oxygens (including phenoxy) is 1. The van der Waals surface area contributed by atoms with Gasteiger partial charge < -0.3 is 15.6 Å². The van der Waals surface area contributed by atoms with Gasteiger partial charge in [-0.15, -0.1) is 0 Å². The number of nitrogens with two attached hydrogens (primary N) is 1. The van der Waals surface area contributed by atoms with E-state index in [0.29, 0.717) is 12.4 Å². The van der Waals surface area contributed by atoms with Crippen LogP contribution >= 0.6 is 0 Å². The molecule has 0 saturated heterocycles. The van der Waals surface area contributed by atoms with Crippen LogP contribution in [0.4, 0.5) is 0 Å². The Kier molecular flexibility index (Phi) is 6.43. The van der Waals surface area contributed by atoms with Crippen LogP contribution in [-0.2, 0) is 11.3 Å². The molecule has 0 aliphatic rings. The minimum atomic E-state index is -1.02. The Morgan fingerprint density at radius 2 is 2.23 bits per heavy atom. The first kappa shape index (κ1) is 17.5. The molecule has 0 heterocycles. The number of benzene rings is 1. The average Bonchev–Trinajstić information content (AvgIpc) is 2.46. The minimum absolute atomic E-state index is 0.287. The largest absolute Gasteiger partial charge is 0.485 e. The maximum absolute atomic E-state index is 9.63. The fraction of sp³-hybridized carbons (Fsp3) is 0.278. The lowest BCUT2D eigenvalue weighted by Crippen LogP contribution is -2.14. The van der Waals surface area contributed by atoms with Gasteiger partial charge in [0, 0.05) is 11.8 Å². The minimum Gasteiger partial charge on any atom is -0.485 e. The van der Waals surface area contributed by atoms with Crippen LogP contribution in [0.5, 0.6) is 0 Å². The summed E-state index contributed by atoms with van der Waals surface area (Å²) in [6, 6.07) is 7.59. The molecule has 0 spiro atoms. The second-order valence-corrected chi connectivity index (χ2v) is 5.14. The highest BCUT2D eigenvalue weighted by Gasteiger charge is 2.06. The third-order valence-corrected chi connectivity index (χ3v) is 2.54. The molecule has 0 amide bonds. The second kappa shape index (κ2) is 8.06. The molecule has 4 heteroatoms. The molecule has 0 bridgehead atoms. The zero-order valence-electron chi connectivity index (χ0n) is 13.3. The van der Waals surface area contributed by atoms with Crippen molar-refractivity contribution >= 4 is 6.21 Å². The Hall–Kier alpha value is -2.51. The molecule has 116 valence electrons. The first-order valence-electron chi connectivity index (χ1n) is 6.94. The third kappa shape index (κ3) is 6.29. The van der Waals surface area contributed by atoms with Crippen LogP contribution in [-0.4, -0.2) is 16.9 Å². The Labute approximate surface area is 132 Å². The Bertz CT molecular complexity index is 641. The standard InChI is InChI=1S/C18H22N2O2/c1-5-16(17(19)20-6-2)22-13-15-9-7-8-14(12-15)10-11-18(3,4)21/h5-9,12,21H,1,13,19H2,2-4H3/b17-16+,20-6?. The number of rotatable bonds is 5. The van der Waals surface area contributed by atoms with Crippen LogP contribution in [0, 0.1) is 11.8 Å². The predicted molar refractivity (Wildman–Crippen MR) is 90.0 cm³/mol. The van der Waals surface area contributed by atoms with Crippen LogP contribution in [0.25, 0.3) is 0 Å². The molecule has 22 heavy (non-hydrogen) atoms. The average molecular weight is 298 g/mol. The molecule has 0 radical (unpaired) electrons. The SMILES string of the molecule is C=C/C(OCc1cccc(C#CC(C)(C)O)c1)=C(/N)N=CC. The van der Waals surface area contributed by atoms with Gasteiger partial charge in [-0.25, -0.2) is 4.99 Å². The number of allylic oxidation sites excluding steroid dienone is 1. The molecule has 0 aromatic heterocycles. The van der Waals surface area contributed by atoms with Gasteiger partial charge in [-0.1, -0.05) is 30.6 Å². The number of aliphatic hydroxyl groups is 1. The highest BCUT2D eigenvalue weighted by atomic mass is 16.5. The van der Waals surface area contributed by atoms with Crippen molar-refractivity contribution in [1.82, 2.24) is 0 Å². The van der Waals surface area contributed by atoms with Crippen molar-refractivity contribution in [3.63, 3.8) is 0 Å². The molecule has 0 aliphatic carbocycles. The molecule has 3 N–H and O–H groups in total. The van der Waals surface area contributed by atoms with E-state index in [1.54, 1.807) is 27.0 Å². The van der Waals surface area contributed by atoms with E-state index in [1.807, 2.05) is 24.3 Å².